The van der Waals surface area contributed by atoms with Crippen molar-refractivity contribution in [3.05, 3.63) is 90.0 Å². The van der Waals surface area contributed by atoms with Gasteiger partial charge in [-0.15, -0.1) is 0 Å². The molecule has 0 aliphatic carbocycles. The lowest BCUT2D eigenvalue weighted by atomic mass is 10.2. The van der Waals surface area contributed by atoms with Crippen molar-refractivity contribution in [2.75, 3.05) is 22.8 Å². The van der Waals surface area contributed by atoms with Crippen molar-refractivity contribution < 1.29 is 22.7 Å². The number of amides is 1. The highest BCUT2D eigenvalue weighted by Crippen LogP contribution is 2.39. The Hall–Kier alpha value is -3.49. The number of aryl methyl sites for hydroxylation is 1. The van der Waals surface area contributed by atoms with Gasteiger partial charge in [-0.1, -0.05) is 42.0 Å². The summed E-state index contributed by atoms with van der Waals surface area (Å²) in [4.78, 5) is 13.1. The third kappa shape index (κ3) is 5.03. The number of anilines is 2. The van der Waals surface area contributed by atoms with Crippen LogP contribution in [0.15, 0.2) is 84.3 Å². The number of nitrogens with zero attached hydrogens (tertiary/aromatic N) is 1. The van der Waals surface area contributed by atoms with Crippen molar-refractivity contribution in [2.45, 2.75) is 17.9 Å². The number of benzene rings is 3. The minimum atomic E-state index is -3.97. The number of fused-ring (bicyclic) bond motifs is 1. The van der Waals surface area contributed by atoms with Crippen molar-refractivity contribution >= 4 is 38.9 Å². The van der Waals surface area contributed by atoms with E-state index in [1.807, 2.05) is 6.92 Å². The van der Waals surface area contributed by atoms with Crippen LogP contribution in [0.25, 0.3) is 0 Å². The van der Waals surface area contributed by atoms with Gasteiger partial charge >= 0.3 is 0 Å². The number of hydrogen-bond donors (Lipinski definition) is 1. The maximum atomic E-state index is 13.5. The maximum absolute atomic E-state index is 13.5. The fourth-order valence-corrected chi connectivity index (χ4v) is 5.07. The quantitative estimate of drug-likeness (QED) is 0.472. The number of carbonyl (C=O) groups excluding carboxylic acids is 1. The van der Waals surface area contributed by atoms with Gasteiger partial charge in [0.15, 0.2) is 6.10 Å². The van der Waals surface area contributed by atoms with Crippen LogP contribution in [0.1, 0.15) is 5.56 Å². The predicted octanol–water partition coefficient (Wildman–Crippen LogP) is 4.81. The first-order chi connectivity index (χ1) is 16.3. The average Bonchev–Trinajstić information content (AvgIpc) is 2.83. The fraction of sp³-hybridized carbons (Fsp3) is 0.160. The lowest BCUT2D eigenvalue weighted by molar-refractivity contribution is -0.122. The summed E-state index contributed by atoms with van der Waals surface area (Å²) < 4.78 is 39.5. The van der Waals surface area contributed by atoms with Crippen LogP contribution in [-0.4, -0.2) is 33.6 Å². The van der Waals surface area contributed by atoms with Crippen LogP contribution in [0, 0.1) is 6.92 Å². The number of carbonyl (C=O) groups is 1. The van der Waals surface area contributed by atoms with Crippen LogP contribution in [0.3, 0.4) is 0 Å². The third-order valence-corrected chi connectivity index (χ3v) is 7.21. The first-order valence-corrected chi connectivity index (χ1v) is 12.3. The van der Waals surface area contributed by atoms with Crippen LogP contribution < -0.4 is 19.1 Å². The Balaban J connectivity index is 1.60. The third-order valence-electron chi connectivity index (χ3n) is 5.18. The zero-order chi connectivity index (χ0) is 24.3. The molecule has 9 heteroatoms. The van der Waals surface area contributed by atoms with Crippen molar-refractivity contribution in [3.8, 4) is 11.5 Å². The summed E-state index contributed by atoms with van der Waals surface area (Å²) in [5.74, 6) is 0.400. The van der Waals surface area contributed by atoms with E-state index in [4.69, 9.17) is 21.1 Å². The molecule has 0 unspecified atom stereocenters. The summed E-state index contributed by atoms with van der Waals surface area (Å²) >= 11 is 6.14. The Kier molecular flexibility index (Phi) is 6.81. The lowest BCUT2D eigenvalue weighted by Crippen LogP contribution is -2.48. The largest absolute Gasteiger partial charge is 0.490 e. The second-order valence-electron chi connectivity index (χ2n) is 7.68. The summed E-state index contributed by atoms with van der Waals surface area (Å²) in [6.07, 6.45) is 0.558. The number of ether oxygens (including phenoxy) is 2. The van der Waals surface area contributed by atoms with Crippen LogP contribution in [0.4, 0.5) is 11.4 Å². The molecule has 0 aromatic heterocycles. The van der Waals surface area contributed by atoms with E-state index in [1.54, 1.807) is 54.6 Å². The maximum Gasteiger partial charge on any atom is 0.267 e. The summed E-state index contributed by atoms with van der Waals surface area (Å²) in [5.41, 5.74) is 1.73. The Labute approximate surface area is 203 Å². The molecular weight excluding hydrogens is 476 g/mol. The molecule has 0 fully saturated rings. The highest BCUT2D eigenvalue weighted by molar-refractivity contribution is 7.92. The van der Waals surface area contributed by atoms with Gasteiger partial charge in [0.1, 0.15) is 18.1 Å². The van der Waals surface area contributed by atoms with E-state index < -0.39 is 22.0 Å². The van der Waals surface area contributed by atoms with E-state index in [-0.39, 0.29) is 22.9 Å². The van der Waals surface area contributed by atoms with Crippen LogP contribution in [0.2, 0.25) is 5.02 Å². The van der Waals surface area contributed by atoms with Gasteiger partial charge in [-0.2, -0.15) is 0 Å². The van der Waals surface area contributed by atoms with Crippen LogP contribution in [-0.2, 0) is 14.8 Å². The van der Waals surface area contributed by atoms with E-state index in [0.29, 0.717) is 23.1 Å². The molecule has 0 radical (unpaired) electrons. The predicted molar refractivity (Wildman–Crippen MR) is 132 cm³/mol. The van der Waals surface area contributed by atoms with Gasteiger partial charge in [0.2, 0.25) is 0 Å². The lowest BCUT2D eigenvalue weighted by Gasteiger charge is -2.34. The van der Waals surface area contributed by atoms with E-state index in [0.717, 1.165) is 5.56 Å². The minimum absolute atomic E-state index is 0.111. The fourth-order valence-electron chi connectivity index (χ4n) is 3.44. The van der Waals surface area contributed by atoms with Gasteiger partial charge < -0.3 is 14.8 Å². The Morgan fingerprint density at radius 2 is 1.88 bits per heavy atom. The van der Waals surface area contributed by atoms with E-state index in [9.17, 15) is 13.2 Å². The molecule has 1 N–H and O–H groups in total. The molecule has 1 heterocycles. The molecule has 4 rings (SSSR count). The van der Waals surface area contributed by atoms with Gasteiger partial charge in [-0.25, -0.2) is 8.42 Å². The van der Waals surface area contributed by atoms with Crippen molar-refractivity contribution in [1.82, 2.24) is 0 Å². The number of hydrogen-bond acceptors (Lipinski definition) is 5. The molecular formula is C25H23ClN2O5S. The number of nitrogens with one attached hydrogen (secondary N) is 1. The monoisotopic (exact) mass is 498 g/mol. The standard InChI is InChI=1S/C25H23ClN2O5S/c1-3-14-32-20-9-7-19(8-10-20)27-25(29)24-16-28(22-15-18(26)6-13-23(22)33-24)34(30,31)21-11-4-17(2)5-12-21/h3-13,15,24H,1,14,16H2,2H3,(H,27,29)/t24-/m1/s1. The normalized spacial score (nSPS) is 15.1. The molecule has 3 aromatic rings. The second kappa shape index (κ2) is 9.79. The molecule has 3 aromatic carbocycles. The smallest absolute Gasteiger partial charge is 0.267 e. The molecule has 7 nitrogen and oxygen atoms in total. The first-order valence-electron chi connectivity index (χ1n) is 10.5. The average molecular weight is 499 g/mol. The van der Waals surface area contributed by atoms with Gasteiger partial charge in [-0.05, 0) is 61.5 Å². The molecule has 0 saturated carbocycles. The first kappa shape index (κ1) is 23.7. The van der Waals surface area contributed by atoms with E-state index in [1.165, 1.54) is 22.5 Å². The van der Waals surface area contributed by atoms with Crippen LogP contribution in [0.5, 0.6) is 11.5 Å². The van der Waals surface area contributed by atoms with Gasteiger partial charge in [0, 0.05) is 10.7 Å². The number of halogens is 1. The molecule has 1 aliphatic rings. The van der Waals surface area contributed by atoms with Crippen molar-refractivity contribution in [2.24, 2.45) is 0 Å². The molecule has 1 amide bonds. The molecule has 0 spiro atoms. The van der Waals surface area contributed by atoms with Gasteiger partial charge in [0.05, 0.1) is 17.1 Å². The molecule has 176 valence electrons. The highest BCUT2D eigenvalue weighted by Gasteiger charge is 2.37. The SMILES string of the molecule is C=CCOc1ccc(NC(=O)[C@H]2CN(S(=O)(=O)c3ccc(C)cc3)c3cc(Cl)ccc3O2)cc1. The van der Waals surface area contributed by atoms with Gasteiger partial charge in [0.25, 0.3) is 15.9 Å². The van der Waals surface area contributed by atoms with E-state index >= 15 is 0 Å². The summed E-state index contributed by atoms with van der Waals surface area (Å²) in [6.45, 7) is 5.63. The van der Waals surface area contributed by atoms with Gasteiger partial charge in [-0.3, -0.25) is 9.10 Å². The van der Waals surface area contributed by atoms with Crippen molar-refractivity contribution in [3.63, 3.8) is 0 Å². The minimum Gasteiger partial charge on any atom is -0.490 e. The Morgan fingerprint density at radius 3 is 2.56 bits per heavy atom. The number of sulfonamides is 1. The highest BCUT2D eigenvalue weighted by atomic mass is 35.5. The summed E-state index contributed by atoms with van der Waals surface area (Å²) in [7, 11) is -3.97. The zero-order valence-electron chi connectivity index (χ0n) is 18.4. The Bertz CT molecular complexity index is 1310. The molecule has 34 heavy (non-hydrogen) atoms. The zero-order valence-corrected chi connectivity index (χ0v) is 20.0. The van der Waals surface area contributed by atoms with E-state index in [2.05, 4.69) is 11.9 Å². The molecule has 0 saturated heterocycles. The molecule has 1 atom stereocenters. The number of rotatable bonds is 7. The molecule has 0 bridgehead atoms. The van der Waals surface area contributed by atoms with Crippen molar-refractivity contribution in [1.29, 1.82) is 0 Å². The second-order valence-corrected chi connectivity index (χ2v) is 9.98. The Morgan fingerprint density at radius 1 is 1.18 bits per heavy atom. The summed E-state index contributed by atoms with van der Waals surface area (Å²) in [5, 5.41) is 3.12. The molecule has 1 aliphatic heterocycles. The summed E-state index contributed by atoms with van der Waals surface area (Å²) in [6, 6.07) is 18.0. The topological polar surface area (TPSA) is 84.9 Å². The van der Waals surface area contributed by atoms with Crippen LogP contribution >= 0.6 is 11.6 Å².